The van der Waals surface area contributed by atoms with E-state index >= 15 is 0 Å². The van der Waals surface area contributed by atoms with E-state index in [1.165, 1.54) is 0 Å². The maximum atomic E-state index is 13.3. The van der Waals surface area contributed by atoms with E-state index in [0.717, 1.165) is 30.4 Å². The van der Waals surface area contributed by atoms with E-state index in [1.54, 1.807) is 24.3 Å². The number of Topliss-reactive ketones (excluding diaryl/α,β-unsaturated/α-hetero) is 2. The van der Waals surface area contributed by atoms with Crippen molar-refractivity contribution in [3.05, 3.63) is 76.1 Å². The number of fused-ring (bicyclic) bond motifs is 1. The summed E-state index contributed by atoms with van der Waals surface area (Å²) in [5.41, 5.74) is 2.84. The van der Waals surface area contributed by atoms with Crippen molar-refractivity contribution in [2.75, 3.05) is 5.32 Å². The van der Waals surface area contributed by atoms with Gasteiger partial charge in [0.15, 0.2) is 0 Å². The highest BCUT2D eigenvalue weighted by atomic mass is 32.2. The summed E-state index contributed by atoms with van der Waals surface area (Å²) < 4.78 is 28.7. The van der Waals surface area contributed by atoms with Gasteiger partial charge >= 0.3 is 0 Å². The Labute approximate surface area is 182 Å². The molecular formula is C24H26N2O4S. The summed E-state index contributed by atoms with van der Waals surface area (Å²) >= 11 is 0. The van der Waals surface area contributed by atoms with Crippen LogP contribution in [0.3, 0.4) is 0 Å². The van der Waals surface area contributed by atoms with E-state index in [9.17, 15) is 18.0 Å². The number of hydrogen-bond acceptors (Lipinski definition) is 5. The van der Waals surface area contributed by atoms with Crippen molar-refractivity contribution < 1.29 is 18.0 Å². The van der Waals surface area contributed by atoms with Crippen molar-refractivity contribution in [3.8, 4) is 0 Å². The summed E-state index contributed by atoms with van der Waals surface area (Å²) in [6.07, 6.45) is 3.81. The van der Waals surface area contributed by atoms with Gasteiger partial charge in [-0.1, -0.05) is 49.6 Å². The standard InChI is InChI=1S/C24H26N2O4S/c1-15-12-16(2)14-17(13-15)25-21-22(26-31(29,30)18-8-4-3-5-9-18)24(28)20-11-7-6-10-19(20)23(21)27/h6-7,10-14,18,25-26H,3-5,8-9H2,1-2H3. The van der Waals surface area contributed by atoms with E-state index in [0.29, 0.717) is 18.5 Å². The molecule has 2 aromatic rings. The number of benzene rings is 2. The summed E-state index contributed by atoms with van der Waals surface area (Å²) in [6.45, 7) is 3.87. The third kappa shape index (κ3) is 4.28. The van der Waals surface area contributed by atoms with E-state index in [-0.39, 0.29) is 22.5 Å². The van der Waals surface area contributed by atoms with Crippen LogP contribution in [-0.4, -0.2) is 25.2 Å². The van der Waals surface area contributed by atoms with Crippen molar-refractivity contribution in [1.29, 1.82) is 0 Å². The van der Waals surface area contributed by atoms with Crippen LogP contribution in [0.2, 0.25) is 0 Å². The zero-order chi connectivity index (χ0) is 22.2. The Morgan fingerprint density at radius 2 is 1.35 bits per heavy atom. The topological polar surface area (TPSA) is 92.3 Å². The lowest BCUT2D eigenvalue weighted by atomic mass is 9.90. The summed E-state index contributed by atoms with van der Waals surface area (Å²) in [7, 11) is -3.80. The van der Waals surface area contributed by atoms with Crippen molar-refractivity contribution in [1.82, 2.24) is 4.72 Å². The van der Waals surface area contributed by atoms with E-state index in [2.05, 4.69) is 10.0 Å². The van der Waals surface area contributed by atoms with Gasteiger partial charge in [-0.3, -0.25) is 14.3 Å². The lowest BCUT2D eigenvalue weighted by Gasteiger charge is -2.26. The second-order valence-electron chi connectivity index (χ2n) is 8.36. The Hall–Kier alpha value is -2.93. The van der Waals surface area contributed by atoms with E-state index < -0.39 is 26.8 Å². The zero-order valence-corrected chi connectivity index (χ0v) is 18.5. The molecule has 7 heteroatoms. The molecule has 2 N–H and O–H groups in total. The monoisotopic (exact) mass is 438 g/mol. The van der Waals surface area contributed by atoms with E-state index in [1.807, 2.05) is 32.0 Å². The van der Waals surface area contributed by atoms with Crippen LogP contribution in [0.15, 0.2) is 53.9 Å². The first-order valence-corrected chi connectivity index (χ1v) is 12.1. The Morgan fingerprint density at radius 3 is 1.94 bits per heavy atom. The Bertz CT molecular complexity index is 1170. The minimum Gasteiger partial charge on any atom is -0.350 e. The fourth-order valence-corrected chi connectivity index (χ4v) is 5.98. The molecule has 2 aliphatic carbocycles. The minimum absolute atomic E-state index is 0.0342. The van der Waals surface area contributed by atoms with Crippen LogP contribution in [0.5, 0.6) is 0 Å². The van der Waals surface area contributed by atoms with Crippen molar-refractivity contribution in [2.24, 2.45) is 0 Å². The van der Waals surface area contributed by atoms with Gasteiger partial charge in [0.05, 0.1) is 5.25 Å². The van der Waals surface area contributed by atoms with E-state index in [4.69, 9.17) is 0 Å². The number of anilines is 1. The van der Waals surface area contributed by atoms with Gasteiger partial charge in [0, 0.05) is 16.8 Å². The van der Waals surface area contributed by atoms with Crippen molar-refractivity contribution >= 4 is 27.3 Å². The quantitative estimate of drug-likeness (QED) is 0.728. The smallest absolute Gasteiger partial charge is 0.235 e. The van der Waals surface area contributed by atoms with Crippen LogP contribution in [-0.2, 0) is 10.0 Å². The van der Waals surface area contributed by atoms with Crippen LogP contribution in [0.25, 0.3) is 0 Å². The van der Waals surface area contributed by atoms with Crippen LogP contribution in [0, 0.1) is 13.8 Å². The first-order valence-electron chi connectivity index (χ1n) is 10.6. The second-order valence-corrected chi connectivity index (χ2v) is 10.3. The van der Waals surface area contributed by atoms with Crippen LogP contribution in [0.1, 0.15) is 63.9 Å². The molecule has 1 fully saturated rings. The molecule has 0 unspecified atom stereocenters. The van der Waals surface area contributed by atoms with Crippen molar-refractivity contribution in [3.63, 3.8) is 0 Å². The van der Waals surface area contributed by atoms with Crippen LogP contribution < -0.4 is 10.0 Å². The molecule has 31 heavy (non-hydrogen) atoms. The molecule has 1 saturated carbocycles. The highest BCUT2D eigenvalue weighted by molar-refractivity contribution is 7.90. The largest absolute Gasteiger partial charge is 0.350 e. The first kappa shape index (κ1) is 21.3. The molecule has 0 radical (unpaired) electrons. The summed E-state index contributed by atoms with van der Waals surface area (Å²) in [6, 6.07) is 12.2. The summed E-state index contributed by atoms with van der Waals surface area (Å²) in [5, 5.41) is 2.48. The minimum atomic E-state index is -3.80. The van der Waals surface area contributed by atoms with Gasteiger partial charge < -0.3 is 5.32 Å². The van der Waals surface area contributed by atoms with Gasteiger partial charge in [-0.2, -0.15) is 0 Å². The number of ketones is 2. The number of hydrogen-bond donors (Lipinski definition) is 2. The van der Waals surface area contributed by atoms with Crippen LogP contribution in [0.4, 0.5) is 5.69 Å². The molecule has 0 heterocycles. The molecule has 0 bridgehead atoms. The fraction of sp³-hybridized carbons (Fsp3) is 0.333. The van der Waals surface area contributed by atoms with Crippen molar-refractivity contribution in [2.45, 2.75) is 51.2 Å². The molecule has 0 aliphatic heterocycles. The second kappa shape index (κ2) is 8.30. The third-order valence-corrected chi connectivity index (χ3v) is 7.68. The lowest BCUT2D eigenvalue weighted by molar-refractivity contribution is 0.0972. The highest BCUT2D eigenvalue weighted by Gasteiger charge is 2.36. The predicted molar refractivity (Wildman–Crippen MR) is 121 cm³/mol. The molecule has 0 amide bonds. The Balaban J connectivity index is 1.79. The number of sulfonamides is 1. The molecule has 6 nitrogen and oxygen atoms in total. The number of rotatable bonds is 5. The van der Waals surface area contributed by atoms with Gasteiger partial charge in [0.1, 0.15) is 11.4 Å². The molecule has 0 spiro atoms. The fourth-order valence-electron chi connectivity index (χ4n) is 4.38. The molecule has 4 rings (SSSR count). The number of carbonyl (C=O) groups excluding carboxylic acids is 2. The zero-order valence-electron chi connectivity index (χ0n) is 17.7. The number of allylic oxidation sites excluding steroid dienone is 2. The Kier molecular flexibility index (Phi) is 5.71. The van der Waals surface area contributed by atoms with Gasteiger partial charge in [-0.25, -0.2) is 8.42 Å². The summed E-state index contributed by atoms with van der Waals surface area (Å²) in [4.78, 5) is 26.6. The summed E-state index contributed by atoms with van der Waals surface area (Å²) in [5.74, 6) is -0.905. The molecule has 0 atom stereocenters. The number of aryl methyl sites for hydroxylation is 2. The molecule has 0 saturated heterocycles. The maximum absolute atomic E-state index is 13.3. The molecule has 2 aliphatic rings. The number of nitrogens with one attached hydrogen (secondary N) is 2. The van der Waals surface area contributed by atoms with Gasteiger partial charge in [-0.05, 0) is 49.9 Å². The molecule has 2 aromatic carbocycles. The maximum Gasteiger partial charge on any atom is 0.235 e. The van der Waals surface area contributed by atoms with Gasteiger partial charge in [-0.15, -0.1) is 0 Å². The predicted octanol–water partition coefficient (Wildman–Crippen LogP) is 4.26. The normalized spacial score (nSPS) is 17.5. The van der Waals surface area contributed by atoms with Crippen LogP contribution >= 0.6 is 0 Å². The highest BCUT2D eigenvalue weighted by Crippen LogP contribution is 2.29. The molecular weight excluding hydrogens is 412 g/mol. The average Bonchev–Trinajstić information content (AvgIpc) is 2.74. The van der Waals surface area contributed by atoms with Gasteiger partial charge in [0.2, 0.25) is 21.6 Å². The SMILES string of the molecule is Cc1cc(C)cc(NC2=C(NS(=O)(=O)C3CCCCC3)C(=O)c3ccccc3C2=O)c1. The molecule has 162 valence electrons. The van der Waals surface area contributed by atoms with Gasteiger partial charge in [0.25, 0.3) is 0 Å². The first-order chi connectivity index (χ1) is 14.8. The average molecular weight is 439 g/mol. The Morgan fingerprint density at radius 1 is 0.806 bits per heavy atom. The number of carbonyl (C=O) groups is 2. The third-order valence-electron chi connectivity index (χ3n) is 5.85. The molecule has 0 aromatic heterocycles. The lowest BCUT2D eigenvalue weighted by Crippen LogP contribution is -2.41.